The van der Waals surface area contributed by atoms with Crippen molar-refractivity contribution in [2.24, 2.45) is 0 Å². The lowest BCUT2D eigenvalue weighted by molar-refractivity contribution is 0.102. The molecule has 1 aromatic carbocycles. The fourth-order valence-corrected chi connectivity index (χ4v) is 1.68. The van der Waals surface area contributed by atoms with Gasteiger partial charge in [-0.1, -0.05) is 11.6 Å². The molecule has 0 atom stereocenters. The monoisotopic (exact) mass is 332 g/mol. The van der Waals surface area contributed by atoms with Gasteiger partial charge in [0.1, 0.15) is 5.82 Å². The minimum absolute atomic E-state index is 0.101. The molecule has 0 fully saturated rings. The van der Waals surface area contributed by atoms with Gasteiger partial charge in [-0.2, -0.15) is 0 Å². The number of carbonyl (C=O) groups is 1. The number of rotatable bonds is 2. The van der Waals surface area contributed by atoms with E-state index in [0.29, 0.717) is 3.57 Å². The van der Waals surface area contributed by atoms with E-state index in [-0.39, 0.29) is 22.2 Å². The Bertz CT molecular complexity index is 354. The molecule has 70 valence electrons. The van der Waals surface area contributed by atoms with Crippen molar-refractivity contribution in [2.45, 2.75) is 0 Å². The Hall–Kier alpha value is 0.130. The van der Waals surface area contributed by atoms with Crippen molar-refractivity contribution in [1.29, 1.82) is 0 Å². The number of alkyl halides is 1. The number of hydrogen-bond donors (Lipinski definition) is 0. The van der Waals surface area contributed by atoms with E-state index in [4.69, 9.17) is 23.2 Å². The van der Waals surface area contributed by atoms with Crippen LogP contribution in [0.2, 0.25) is 5.02 Å². The van der Waals surface area contributed by atoms with Crippen LogP contribution in [0, 0.1) is 9.39 Å². The largest absolute Gasteiger partial charge is 0.293 e. The summed E-state index contributed by atoms with van der Waals surface area (Å²) in [7, 11) is 0. The lowest BCUT2D eigenvalue weighted by atomic mass is 10.1. The van der Waals surface area contributed by atoms with Gasteiger partial charge in [0, 0.05) is 9.13 Å². The third-order valence-corrected chi connectivity index (χ3v) is 2.81. The van der Waals surface area contributed by atoms with Crippen LogP contribution in [0.5, 0.6) is 0 Å². The number of Topliss-reactive ketones (excluding diaryl/α,β-unsaturated/α-hetero) is 1. The van der Waals surface area contributed by atoms with Crippen LogP contribution in [-0.2, 0) is 0 Å². The average Bonchev–Trinajstić information content (AvgIpc) is 2.10. The maximum atomic E-state index is 12.9. The van der Waals surface area contributed by atoms with Gasteiger partial charge in [0.25, 0.3) is 0 Å². The first-order valence-electron chi connectivity index (χ1n) is 3.30. The fourth-order valence-electron chi connectivity index (χ4n) is 0.808. The van der Waals surface area contributed by atoms with Crippen molar-refractivity contribution in [3.05, 3.63) is 32.1 Å². The smallest absolute Gasteiger partial charge is 0.179 e. The van der Waals surface area contributed by atoms with Crippen molar-refractivity contribution in [3.63, 3.8) is 0 Å². The second kappa shape index (κ2) is 4.57. The molecule has 0 aliphatic heterocycles. The van der Waals surface area contributed by atoms with Gasteiger partial charge in [-0.25, -0.2) is 4.39 Å². The van der Waals surface area contributed by atoms with Crippen molar-refractivity contribution in [1.82, 2.24) is 0 Å². The lowest BCUT2D eigenvalue weighted by Gasteiger charge is -2.02. The van der Waals surface area contributed by atoms with E-state index in [2.05, 4.69) is 0 Å². The molecule has 1 aromatic rings. The highest BCUT2D eigenvalue weighted by atomic mass is 127. The zero-order chi connectivity index (χ0) is 10.0. The zero-order valence-corrected chi connectivity index (χ0v) is 9.95. The number of halogens is 4. The van der Waals surface area contributed by atoms with Crippen LogP contribution in [-0.4, -0.2) is 11.7 Å². The summed E-state index contributed by atoms with van der Waals surface area (Å²) in [6, 6.07) is 2.51. The van der Waals surface area contributed by atoms with Crippen molar-refractivity contribution >= 4 is 51.6 Å². The van der Waals surface area contributed by atoms with Crippen molar-refractivity contribution < 1.29 is 9.18 Å². The summed E-state index contributed by atoms with van der Waals surface area (Å²) in [6.45, 7) is 0. The summed E-state index contributed by atoms with van der Waals surface area (Å²) in [6.07, 6.45) is 0. The summed E-state index contributed by atoms with van der Waals surface area (Å²) in [4.78, 5) is 11.2. The van der Waals surface area contributed by atoms with E-state index in [1.54, 1.807) is 22.6 Å². The number of carbonyl (C=O) groups excluding carboxylic acids is 1. The Morgan fingerprint density at radius 1 is 1.54 bits per heavy atom. The topological polar surface area (TPSA) is 17.1 Å². The summed E-state index contributed by atoms with van der Waals surface area (Å²) < 4.78 is 13.2. The molecule has 1 nitrogen and oxygen atoms in total. The third-order valence-electron chi connectivity index (χ3n) is 1.43. The molecular weight excluding hydrogens is 329 g/mol. The van der Waals surface area contributed by atoms with Gasteiger partial charge in [-0.15, -0.1) is 11.6 Å². The second-order valence-electron chi connectivity index (χ2n) is 2.30. The van der Waals surface area contributed by atoms with Gasteiger partial charge in [0.15, 0.2) is 5.78 Å². The normalized spacial score (nSPS) is 10.2. The molecule has 0 bridgehead atoms. The predicted molar refractivity (Wildman–Crippen MR) is 59.2 cm³/mol. The molecule has 0 aliphatic carbocycles. The first-order chi connectivity index (χ1) is 6.06. The highest BCUT2D eigenvalue weighted by Gasteiger charge is 2.12. The van der Waals surface area contributed by atoms with Crippen LogP contribution in [0.15, 0.2) is 12.1 Å². The van der Waals surface area contributed by atoms with E-state index >= 15 is 0 Å². The molecule has 0 spiro atoms. The Balaban J connectivity index is 3.23. The number of hydrogen-bond acceptors (Lipinski definition) is 1. The standard InChI is InChI=1S/C8H4Cl2FIO/c9-3-8(13)4-1-7(12)6(11)2-5(4)10/h1-2H,3H2. The molecule has 0 saturated heterocycles. The molecule has 0 radical (unpaired) electrons. The van der Waals surface area contributed by atoms with E-state index in [1.165, 1.54) is 6.07 Å². The molecule has 0 saturated carbocycles. The van der Waals surface area contributed by atoms with Crippen LogP contribution in [0.3, 0.4) is 0 Å². The maximum absolute atomic E-state index is 12.9. The quantitative estimate of drug-likeness (QED) is 0.350. The molecule has 0 aliphatic rings. The van der Waals surface area contributed by atoms with Crippen LogP contribution < -0.4 is 0 Å². The summed E-state index contributed by atoms with van der Waals surface area (Å²) in [5, 5.41) is 0.101. The molecule has 0 aromatic heterocycles. The van der Waals surface area contributed by atoms with Gasteiger partial charge < -0.3 is 0 Å². The van der Waals surface area contributed by atoms with E-state index in [0.717, 1.165) is 6.07 Å². The van der Waals surface area contributed by atoms with E-state index in [9.17, 15) is 9.18 Å². The van der Waals surface area contributed by atoms with Gasteiger partial charge in [0.2, 0.25) is 0 Å². The predicted octanol–water partition coefficient (Wildman–Crippen LogP) is 3.51. The molecule has 13 heavy (non-hydrogen) atoms. The summed E-state index contributed by atoms with van der Waals surface area (Å²) in [5.74, 6) is -0.886. The first-order valence-corrected chi connectivity index (χ1v) is 5.29. The van der Waals surface area contributed by atoms with Crippen molar-refractivity contribution in [2.75, 3.05) is 5.88 Å². The Morgan fingerprint density at radius 3 is 2.69 bits per heavy atom. The maximum Gasteiger partial charge on any atom is 0.179 e. The highest BCUT2D eigenvalue weighted by molar-refractivity contribution is 14.1. The summed E-state index contributed by atoms with van der Waals surface area (Å²) >= 11 is 12.8. The van der Waals surface area contributed by atoms with Gasteiger partial charge in [-0.3, -0.25) is 4.79 Å². The Labute approximate surface area is 98.4 Å². The second-order valence-corrected chi connectivity index (χ2v) is 4.14. The zero-order valence-electron chi connectivity index (χ0n) is 6.28. The molecular formula is C8H4Cl2FIO. The first kappa shape index (κ1) is 11.2. The van der Waals surface area contributed by atoms with Gasteiger partial charge >= 0.3 is 0 Å². The number of ketones is 1. The minimum atomic E-state index is -0.434. The Morgan fingerprint density at radius 2 is 2.15 bits per heavy atom. The van der Waals surface area contributed by atoms with Crippen LogP contribution in [0.1, 0.15) is 10.4 Å². The minimum Gasteiger partial charge on any atom is -0.293 e. The molecule has 0 N–H and O–H groups in total. The van der Waals surface area contributed by atoms with Gasteiger partial charge in [0.05, 0.1) is 10.9 Å². The molecule has 0 amide bonds. The van der Waals surface area contributed by atoms with Crippen LogP contribution in [0.25, 0.3) is 0 Å². The van der Waals surface area contributed by atoms with Gasteiger partial charge in [-0.05, 0) is 34.7 Å². The van der Waals surface area contributed by atoms with E-state index < -0.39 is 5.82 Å². The highest BCUT2D eigenvalue weighted by Crippen LogP contribution is 2.22. The molecule has 1 rings (SSSR count). The Kier molecular flexibility index (Phi) is 3.94. The third kappa shape index (κ3) is 2.54. The van der Waals surface area contributed by atoms with Crippen LogP contribution in [0.4, 0.5) is 4.39 Å². The molecule has 5 heteroatoms. The number of benzene rings is 1. The average molecular weight is 333 g/mol. The van der Waals surface area contributed by atoms with Crippen molar-refractivity contribution in [3.8, 4) is 0 Å². The summed E-state index contributed by atoms with van der Waals surface area (Å²) in [5.41, 5.74) is 0.266. The SMILES string of the molecule is O=C(CCl)c1cc(I)c(F)cc1Cl. The molecule has 0 unspecified atom stereocenters. The lowest BCUT2D eigenvalue weighted by Crippen LogP contribution is -2.02. The van der Waals surface area contributed by atoms with E-state index in [1.807, 2.05) is 0 Å². The van der Waals surface area contributed by atoms with Crippen LogP contribution >= 0.6 is 45.8 Å². The molecule has 0 heterocycles. The fraction of sp³-hybridized carbons (Fsp3) is 0.125.